The quantitative estimate of drug-likeness (QED) is 0.166. The van der Waals surface area contributed by atoms with Crippen molar-refractivity contribution in [2.75, 3.05) is 0 Å². The van der Waals surface area contributed by atoms with Crippen LogP contribution >= 0.6 is 0 Å². The Balaban J connectivity index is 1.17. The molecule has 374 valence electrons. The first-order valence-electron chi connectivity index (χ1n) is 27.2. The molecule has 0 atom stereocenters. The molecule has 0 aliphatic carbocycles. The zero-order valence-electron chi connectivity index (χ0n) is 43.3. The first kappa shape index (κ1) is 44.7. The predicted molar refractivity (Wildman–Crippen MR) is 331 cm³/mol. The van der Waals surface area contributed by atoms with Gasteiger partial charge in [0, 0.05) is 48.5 Å². The highest BCUT2D eigenvalue weighted by Gasteiger charge is 2.35. The van der Waals surface area contributed by atoms with E-state index in [4.69, 9.17) is 4.42 Å². The highest BCUT2D eigenvalue weighted by molar-refractivity contribution is 6.26. The Kier molecular flexibility index (Phi) is 9.42. The van der Waals surface area contributed by atoms with E-state index in [0.717, 1.165) is 131 Å². The fourth-order valence-corrected chi connectivity index (χ4v) is 13.6. The lowest BCUT2D eigenvalue weighted by Gasteiger charge is -2.27. The Hall–Kier alpha value is -11.4. The highest BCUT2D eigenvalue weighted by atomic mass is 16.3. The zero-order valence-corrected chi connectivity index (χ0v) is 43.3. The maximum absolute atomic E-state index is 12.7. The fraction of sp³-hybridized carbons (Fsp3) is 0. The Morgan fingerprint density at radius 2 is 0.667 bits per heavy atom. The van der Waals surface area contributed by atoms with Crippen LogP contribution in [0.25, 0.3) is 154 Å². The largest absolute Gasteiger partial charge is 0.456 e. The topological polar surface area (TPSA) is 80.4 Å². The molecule has 12 aromatic carbocycles. The molecule has 0 saturated carbocycles. The molecule has 17 rings (SSSR count). The number of fused-ring (bicyclic) bond motifs is 16. The van der Waals surface area contributed by atoms with Crippen LogP contribution in [0.5, 0.6) is 0 Å². The molecule has 7 heteroatoms. The number of rotatable bonds is 6. The molecule has 5 heterocycles. The fourth-order valence-electron chi connectivity index (χ4n) is 13.6. The number of hydrogen-bond donors (Lipinski definition) is 0. The van der Waals surface area contributed by atoms with E-state index >= 15 is 0 Å². The minimum atomic E-state index is 0.344. The molecule has 0 bridgehead atoms. The summed E-state index contributed by atoms with van der Waals surface area (Å²) in [6.07, 6.45) is 0. The van der Waals surface area contributed by atoms with Crippen LogP contribution in [-0.4, -0.2) is 18.3 Å². The maximum atomic E-state index is 12.7. The van der Waals surface area contributed by atoms with E-state index in [1.165, 1.54) is 0 Å². The number of nitrogens with zero attached hydrogens (tertiary/aromatic N) is 6. The van der Waals surface area contributed by atoms with E-state index in [9.17, 15) is 10.5 Å². The second-order valence-corrected chi connectivity index (χ2v) is 20.9. The van der Waals surface area contributed by atoms with Crippen LogP contribution in [0.3, 0.4) is 0 Å². The highest BCUT2D eigenvalue weighted by Crippen LogP contribution is 2.51. The van der Waals surface area contributed by atoms with Gasteiger partial charge in [-0.3, -0.25) is 0 Å². The van der Waals surface area contributed by atoms with Gasteiger partial charge in [-0.1, -0.05) is 188 Å². The van der Waals surface area contributed by atoms with Crippen LogP contribution in [0.4, 0.5) is 0 Å². The van der Waals surface area contributed by atoms with Crippen molar-refractivity contribution >= 4 is 109 Å². The molecule has 7 nitrogen and oxygen atoms in total. The van der Waals surface area contributed by atoms with Crippen molar-refractivity contribution in [3.8, 4) is 57.1 Å². The van der Waals surface area contributed by atoms with Gasteiger partial charge in [-0.05, 0) is 89.0 Å². The van der Waals surface area contributed by atoms with Crippen LogP contribution in [0, 0.1) is 22.7 Å². The maximum Gasteiger partial charge on any atom is 0.137 e. The average Bonchev–Trinajstić information content (AvgIpc) is 4.31. The van der Waals surface area contributed by atoms with Gasteiger partial charge in [0.25, 0.3) is 0 Å². The second kappa shape index (κ2) is 17.1. The first-order valence-corrected chi connectivity index (χ1v) is 27.2. The monoisotopic (exact) mass is 1030 g/mol. The Bertz CT molecular complexity index is 5320. The summed E-state index contributed by atoms with van der Waals surface area (Å²) in [5.41, 5.74) is 16.2. The lowest BCUT2D eigenvalue weighted by atomic mass is 9.94. The van der Waals surface area contributed by atoms with Crippen molar-refractivity contribution < 1.29 is 4.42 Å². The van der Waals surface area contributed by atoms with Crippen LogP contribution < -0.4 is 0 Å². The molecule has 0 N–H and O–H groups in total. The van der Waals surface area contributed by atoms with Crippen LogP contribution in [-0.2, 0) is 0 Å². The number of nitriles is 2. The Morgan fingerprint density at radius 1 is 0.272 bits per heavy atom. The molecule has 0 aliphatic rings. The molecule has 0 aliphatic heterocycles. The van der Waals surface area contributed by atoms with E-state index in [1.807, 2.05) is 24.3 Å². The van der Waals surface area contributed by atoms with Gasteiger partial charge in [0.05, 0.1) is 72.3 Å². The summed E-state index contributed by atoms with van der Waals surface area (Å²) in [6, 6.07) is 94.9. The standard InChI is InChI=1S/C74H42N6O/c75-43-58-70(77-60-31-13-6-24-49(60)50-25-7-14-32-61(50)77)59(44-76)73(79-64-35-17-10-28-53(64)54-29-11-18-36-65(54)79)74(72(58)78-62-33-15-8-26-51(62)52-27-9-16-34-63(52)78)80-66-40-38-46(48-23-5-4-22-47(48)45-20-2-1-3-21-45)42-57(66)55-39-41-68-69(71(55)80)56-30-12-19-37-67(56)81-68/h1-42H. The third-order valence-electron chi connectivity index (χ3n) is 16.8. The summed E-state index contributed by atoms with van der Waals surface area (Å²) in [7, 11) is 0. The lowest BCUT2D eigenvalue weighted by Crippen LogP contribution is -2.17. The predicted octanol–water partition coefficient (Wildman–Crippen LogP) is 19.1. The number of benzene rings is 12. The van der Waals surface area contributed by atoms with Gasteiger partial charge >= 0.3 is 0 Å². The molecule has 0 radical (unpaired) electrons. The minimum Gasteiger partial charge on any atom is -0.456 e. The van der Waals surface area contributed by atoms with Crippen LogP contribution in [0.2, 0.25) is 0 Å². The van der Waals surface area contributed by atoms with Crippen molar-refractivity contribution in [3.63, 3.8) is 0 Å². The van der Waals surface area contributed by atoms with Gasteiger partial charge in [0.15, 0.2) is 0 Å². The normalized spacial score (nSPS) is 11.9. The average molecular weight is 1030 g/mol. The number of aromatic nitrogens is 4. The van der Waals surface area contributed by atoms with Crippen molar-refractivity contribution in [2.45, 2.75) is 0 Å². The van der Waals surface area contributed by atoms with E-state index in [1.54, 1.807) is 0 Å². The Morgan fingerprint density at radius 3 is 1.15 bits per heavy atom. The summed E-state index contributed by atoms with van der Waals surface area (Å²) in [5.74, 6) is 0. The van der Waals surface area contributed by atoms with Gasteiger partial charge in [0.2, 0.25) is 0 Å². The molecular weight excluding hydrogens is 989 g/mol. The molecule has 81 heavy (non-hydrogen) atoms. The van der Waals surface area contributed by atoms with Gasteiger partial charge in [-0.2, -0.15) is 10.5 Å². The van der Waals surface area contributed by atoms with Crippen molar-refractivity contribution in [1.82, 2.24) is 18.3 Å². The summed E-state index contributed by atoms with van der Waals surface area (Å²) < 4.78 is 16.0. The third kappa shape index (κ3) is 6.15. The lowest BCUT2D eigenvalue weighted by molar-refractivity contribution is 0.669. The van der Waals surface area contributed by atoms with Crippen LogP contribution in [0.15, 0.2) is 259 Å². The zero-order chi connectivity index (χ0) is 53.4. The summed E-state index contributed by atoms with van der Waals surface area (Å²) in [4.78, 5) is 0. The molecule has 17 aromatic rings. The second-order valence-electron chi connectivity index (χ2n) is 20.9. The molecule has 0 fully saturated rings. The van der Waals surface area contributed by atoms with Gasteiger partial charge in [-0.25, -0.2) is 0 Å². The smallest absolute Gasteiger partial charge is 0.137 e. The summed E-state index contributed by atoms with van der Waals surface area (Å²) >= 11 is 0. The van der Waals surface area contributed by atoms with E-state index in [0.29, 0.717) is 33.9 Å². The molecule has 0 saturated heterocycles. The third-order valence-corrected chi connectivity index (χ3v) is 16.8. The van der Waals surface area contributed by atoms with E-state index < -0.39 is 0 Å². The van der Waals surface area contributed by atoms with Gasteiger partial charge in [0.1, 0.15) is 34.4 Å². The van der Waals surface area contributed by atoms with E-state index in [-0.39, 0.29) is 0 Å². The molecule has 0 spiro atoms. The van der Waals surface area contributed by atoms with E-state index in [2.05, 4.69) is 261 Å². The molecule has 0 amide bonds. The summed E-state index contributed by atoms with van der Waals surface area (Å²) in [6.45, 7) is 0. The molecule has 0 unspecified atom stereocenters. The summed E-state index contributed by atoms with van der Waals surface area (Å²) in [5, 5.41) is 35.4. The minimum absolute atomic E-state index is 0.344. The van der Waals surface area contributed by atoms with Crippen molar-refractivity contribution in [2.24, 2.45) is 0 Å². The molecular formula is C74H42N6O. The van der Waals surface area contributed by atoms with Crippen molar-refractivity contribution in [3.05, 3.63) is 266 Å². The van der Waals surface area contributed by atoms with Crippen LogP contribution in [0.1, 0.15) is 11.1 Å². The number of para-hydroxylation sites is 7. The van der Waals surface area contributed by atoms with Gasteiger partial charge < -0.3 is 22.7 Å². The Labute approximate surface area is 463 Å². The van der Waals surface area contributed by atoms with Gasteiger partial charge in [-0.15, -0.1) is 0 Å². The number of hydrogen-bond acceptors (Lipinski definition) is 3. The SMILES string of the molecule is N#Cc1c(-n2c3ccccc3c3ccccc32)c(C#N)c(-n2c3ccccc3c3ccccc32)c(-n2c3ccc(-c4ccccc4-c4ccccc4)cc3c3ccc4oc5ccccc5c4c32)c1-n1c2ccccc2c2ccccc21. The van der Waals surface area contributed by atoms with Crippen molar-refractivity contribution in [1.29, 1.82) is 10.5 Å². The molecule has 5 aromatic heterocycles. The first-order chi connectivity index (χ1) is 40.2. The number of furan rings is 1.